The molecule has 4 atom stereocenters. The SMILES string of the molecule is [2H]C(C)(C)N1c2ccccc2N(c2c(C)ccc3c2oc2nc(C)ccc23)C1C.[2H]C(C)(C)N1c2ccccc2N(c2c(C)ccc3c2oc2nc(C)ccc23)C1C.[2H]C([2H])([2H])N1c2ccccc2N(c2c(C)ccc3c2oc2nc(C)ccc23)C1C.[2H]C([2H])([2H])N1c2cccnc2N(c2c(C)ccc3c2oc2nc(C)ccc23)C1C. The van der Waals surface area contributed by atoms with Gasteiger partial charge in [0.15, 0.2) is 28.1 Å². The summed E-state index contributed by atoms with van der Waals surface area (Å²) < 4.78 is 90.9. The second-order valence-electron chi connectivity index (χ2n) is 29.3. The molecule has 17 nitrogen and oxygen atoms in total. The number of anilines is 12. The summed E-state index contributed by atoms with van der Waals surface area (Å²) in [5.74, 6) is 0.608. The van der Waals surface area contributed by atoms with E-state index in [1.54, 1.807) is 18.3 Å². The van der Waals surface area contributed by atoms with E-state index in [2.05, 4.69) is 156 Å². The molecule has 7 aromatic carbocycles. The molecule has 9 aromatic heterocycles. The Hall–Kier alpha value is -12.1. The van der Waals surface area contributed by atoms with Crippen molar-refractivity contribution in [2.24, 2.45) is 0 Å². The molecule has 0 saturated carbocycles. The third-order valence-corrected chi connectivity index (χ3v) is 21.7. The van der Waals surface area contributed by atoms with Crippen molar-refractivity contribution >= 4 is 157 Å². The zero-order chi connectivity index (χ0) is 82.0. The number of rotatable bonds is 6. The predicted molar refractivity (Wildman–Crippen MR) is 446 cm³/mol. The lowest BCUT2D eigenvalue weighted by Gasteiger charge is -2.33. The molecule has 4 aliphatic rings. The number of aryl methyl sites for hydroxylation is 8. The largest absolute Gasteiger partial charge is 0.435 e. The summed E-state index contributed by atoms with van der Waals surface area (Å²) >= 11 is 0. The summed E-state index contributed by atoms with van der Waals surface area (Å²) in [6, 6.07) is 59.2. The van der Waals surface area contributed by atoms with Gasteiger partial charge in [-0.25, -0.2) is 24.9 Å². The minimum atomic E-state index is -2.29. The number of para-hydroxylation sites is 6. The highest BCUT2D eigenvalue weighted by molar-refractivity contribution is 6.14. The highest BCUT2D eigenvalue weighted by Crippen LogP contribution is 2.54. The minimum absolute atomic E-state index is 0.0212. The van der Waals surface area contributed by atoms with E-state index in [0.29, 0.717) is 45.6 Å². The Kier molecular flexibility index (Phi) is 14.7. The molecule has 0 amide bonds. The van der Waals surface area contributed by atoms with Gasteiger partial charge in [0.1, 0.15) is 24.7 Å². The summed E-state index contributed by atoms with van der Waals surface area (Å²) in [6.07, 6.45) is 0.784. The fourth-order valence-corrected chi connectivity index (χ4v) is 16.7. The molecule has 0 spiro atoms. The van der Waals surface area contributed by atoms with Gasteiger partial charge in [0.2, 0.25) is 22.9 Å². The van der Waals surface area contributed by atoms with Crippen molar-refractivity contribution in [3.8, 4) is 0 Å². The van der Waals surface area contributed by atoms with Gasteiger partial charge in [-0.2, -0.15) is 0 Å². The molecule has 20 rings (SSSR count). The van der Waals surface area contributed by atoms with Crippen molar-refractivity contribution in [2.45, 2.75) is 147 Å². The van der Waals surface area contributed by atoms with Gasteiger partial charge in [0, 0.05) is 106 Å². The zero-order valence-electron chi connectivity index (χ0n) is 71.7. The Morgan fingerprint density at radius 3 is 0.935 bits per heavy atom. The van der Waals surface area contributed by atoms with E-state index in [-0.39, 0.29) is 12.3 Å². The lowest BCUT2D eigenvalue weighted by atomic mass is 10.1. The molecule has 0 fully saturated rings. The van der Waals surface area contributed by atoms with Crippen LogP contribution in [0.2, 0.25) is 0 Å². The van der Waals surface area contributed by atoms with Crippen LogP contribution in [-0.4, -0.2) is 75.6 Å². The average Bonchev–Trinajstić information content (AvgIpc) is 1.58. The van der Waals surface area contributed by atoms with Crippen LogP contribution < -0.4 is 39.2 Å². The van der Waals surface area contributed by atoms with Crippen LogP contribution in [0.4, 0.5) is 68.4 Å². The van der Waals surface area contributed by atoms with Crippen LogP contribution in [-0.2, 0) is 0 Å². The highest BCUT2D eigenvalue weighted by Gasteiger charge is 2.41. The van der Waals surface area contributed by atoms with E-state index in [0.717, 1.165) is 156 Å². The summed E-state index contributed by atoms with van der Waals surface area (Å²) in [5.41, 5.74) is 23.8. The second-order valence-corrected chi connectivity index (χ2v) is 29.3. The van der Waals surface area contributed by atoms with Crippen molar-refractivity contribution in [2.75, 3.05) is 53.2 Å². The molecule has 17 heteroatoms. The van der Waals surface area contributed by atoms with Crippen LogP contribution in [0.5, 0.6) is 0 Å². The molecule has 0 aliphatic carbocycles. The maximum absolute atomic E-state index is 8.74. The van der Waals surface area contributed by atoms with Crippen molar-refractivity contribution < 1.29 is 28.6 Å². The molecule has 544 valence electrons. The monoisotopic (exact) mass is 1440 g/mol. The number of nitrogens with zero attached hydrogens (tertiary/aromatic N) is 13. The number of furan rings is 4. The molecule has 13 heterocycles. The summed E-state index contributed by atoms with van der Waals surface area (Å²) in [5, 5.41) is 8.03. The van der Waals surface area contributed by atoms with Gasteiger partial charge in [-0.1, -0.05) is 84.9 Å². The maximum atomic E-state index is 8.74. The third-order valence-electron chi connectivity index (χ3n) is 21.7. The molecule has 16 aromatic rings. The van der Waals surface area contributed by atoms with E-state index < -0.39 is 38.3 Å². The zero-order valence-corrected chi connectivity index (χ0v) is 63.7. The lowest BCUT2D eigenvalue weighted by molar-refractivity contribution is 0.601. The van der Waals surface area contributed by atoms with Gasteiger partial charge in [-0.15, -0.1) is 0 Å². The summed E-state index contributed by atoms with van der Waals surface area (Å²) in [6.45, 7) is 27.4. The van der Waals surface area contributed by atoms with Gasteiger partial charge < -0.3 is 56.9 Å². The first kappa shape index (κ1) is 60.1. The molecular weight excluding hydrogens is 1340 g/mol. The molecule has 108 heavy (non-hydrogen) atoms. The molecular formula is C91H91N13O4. The van der Waals surface area contributed by atoms with Crippen molar-refractivity contribution in [3.05, 3.63) is 233 Å². The Morgan fingerprint density at radius 2 is 0.593 bits per heavy atom. The molecule has 0 saturated heterocycles. The molecule has 4 unspecified atom stereocenters. The minimum Gasteiger partial charge on any atom is -0.435 e. The highest BCUT2D eigenvalue weighted by atomic mass is 16.4. The normalized spacial score (nSPS) is 18.1. The first-order valence-electron chi connectivity index (χ1n) is 40.8. The fourth-order valence-electron chi connectivity index (χ4n) is 16.7. The van der Waals surface area contributed by atoms with Gasteiger partial charge in [-0.05, 0) is 230 Å². The fraction of sp³-hybridized carbons (Fsp3) is 0.264. The third kappa shape index (κ3) is 11.0. The van der Waals surface area contributed by atoms with E-state index in [1.807, 2.05) is 179 Å². The number of fused-ring (bicyclic) bond motifs is 16. The molecule has 0 radical (unpaired) electrons. The summed E-state index contributed by atoms with van der Waals surface area (Å²) in [4.78, 5) is 38.7. The number of pyridine rings is 5. The quantitative estimate of drug-likeness (QED) is 0.156. The topological polar surface area (TPSA) is 143 Å². The van der Waals surface area contributed by atoms with Crippen LogP contribution in [0, 0.1) is 55.4 Å². The average molecular weight is 1440 g/mol. The first-order chi connectivity index (χ1) is 55.1. The molecule has 0 bridgehead atoms. The van der Waals surface area contributed by atoms with Gasteiger partial charge in [0.25, 0.3) is 0 Å². The second kappa shape index (κ2) is 26.4. The van der Waals surface area contributed by atoms with Gasteiger partial charge in [0.05, 0.1) is 65.3 Å². The number of hydrogen-bond donors (Lipinski definition) is 0. The molecule has 0 N–H and O–H groups in total. The number of benzene rings is 7. The van der Waals surface area contributed by atoms with E-state index in [1.165, 1.54) is 9.80 Å². The maximum Gasteiger partial charge on any atom is 0.227 e. The van der Waals surface area contributed by atoms with Crippen LogP contribution in [0.3, 0.4) is 0 Å². The van der Waals surface area contributed by atoms with Crippen LogP contribution in [0.25, 0.3) is 88.3 Å². The van der Waals surface area contributed by atoms with Crippen LogP contribution in [0.15, 0.2) is 206 Å². The Balaban J connectivity index is 0.000000111. The van der Waals surface area contributed by atoms with E-state index in [9.17, 15) is 0 Å². The Morgan fingerprint density at radius 1 is 0.315 bits per heavy atom. The Labute approximate surface area is 641 Å². The van der Waals surface area contributed by atoms with E-state index >= 15 is 0 Å². The standard InChI is InChI=1S/2C24H25N3O.C22H21N3O.C21H20N4O/c2*1-14(2)26-17(5)27(21-9-7-6-8-20(21)26)22-15(3)10-12-18-19-13-11-16(4)25-24(19)28-23(18)22;1-13-9-11-16-17-12-10-14(2)23-22(17)26-21(16)20(13)25-15(3)24(4)18-7-5-6-8-19(18)25;1-12-7-9-15-16-10-8-13(2)23-21(16)26-19(15)18(12)25-14(3)24(4)17-6-5-11-22-20(17)25/h2*6-14,17H,1-5H3;5-12,15H,1-4H3;5-11,14H,1-4H3/i2*14D;2*4D3. The van der Waals surface area contributed by atoms with Crippen molar-refractivity contribution in [1.82, 2.24) is 24.9 Å². The van der Waals surface area contributed by atoms with Crippen LogP contribution >= 0.6 is 0 Å². The van der Waals surface area contributed by atoms with E-state index in [4.69, 9.17) is 28.6 Å². The van der Waals surface area contributed by atoms with Gasteiger partial charge >= 0.3 is 0 Å². The Bertz CT molecular complexity index is 5830. The molecule has 4 aliphatic heterocycles. The van der Waals surface area contributed by atoms with Crippen molar-refractivity contribution in [1.29, 1.82) is 0 Å². The first-order valence-corrected chi connectivity index (χ1v) is 36.8. The number of hydrogen-bond acceptors (Lipinski definition) is 17. The number of aromatic nitrogens is 5. The van der Waals surface area contributed by atoms with Crippen molar-refractivity contribution in [3.63, 3.8) is 0 Å². The smallest absolute Gasteiger partial charge is 0.227 e. The van der Waals surface area contributed by atoms with Crippen LogP contribution in [0.1, 0.15) is 111 Å². The lowest BCUT2D eigenvalue weighted by Crippen LogP contribution is -2.42. The van der Waals surface area contributed by atoms with Gasteiger partial charge in [-0.3, -0.25) is 0 Å². The predicted octanol–water partition coefficient (Wildman–Crippen LogP) is 23.1. The summed E-state index contributed by atoms with van der Waals surface area (Å²) in [7, 11) is 0.